The summed E-state index contributed by atoms with van der Waals surface area (Å²) in [7, 11) is -1.77. The monoisotopic (exact) mass is 366 g/mol. The Balaban J connectivity index is 2.45. The molecule has 1 fully saturated rings. The van der Waals surface area contributed by atoms with Gasteiger partial charge in [-0.25, -0.2) is 9.64 Å². The van der Waals surface area contributed by atoms with E-state index in [0.29, 0.717) is 22.0 Å². The molecule has 0 N–H and O–H groups in total. The summed E-state index contributed by atoms with van der Waals surface area (Å²) in [5.41, 5.74) is 1.74. The summed E-state index contributed by atoms with van der Waals surface area (Å²) in [6, 6.07) is 3.15. The molecule has 2 rings (SSSR count). The van der Waals surface area contributed by atoms with Gasteiger partial charge >= 0.3 is 6.09 Å². The van der Waals surface area contributed by atoms with Crippen LogP contribution in [0, 0.1) is 13.5 Å². The van der Waals surface area contributed by atoms with Gasteiger partial charge in [0.05, 0.1) is 17.7 Å². The molecule has 1 aliphatic rings. The molecular formula is C17H23ClN2O3Si. The second kappa shape index (κ2) is 6.75. The predicted molar refractivity (Wildman–Crippen MR) is 98.6 cm³/mol. The van der Waals surface area contributed by atoms with E-state index in [1.165, 1.54) is 0 Å². The summed E-state index contributed by atoms with van der Waals surface area (Å²) in [5, 5.41) is 0.368. The van der Waals surface area contributed by atoms with Crippen LogP contribution in [0.5, 0.6) is 0 Å². The van der Waals surface area contributed by atoms with Crippen molar-refractivity contribution in [3.8, 4) is 0 Å². The number of ether oxygens (including phenoxy) is 1. The topological polar surface area (TPSA) is 43.1 Å². The Kier molecular flexibility index (Phi) is 5.28. The summed E-state index contributed by atoms with van der Waals surface area (Å²) < 4.78 is 11.6. The van der Waals surface area contributed by atoms with Crippen LogP contribution in [0.4, 0.5) is 16.2 Å². The number of benzene rings is 1. The molecular weight excluding hydrogens is 344 g/mol. The predicted octanol–water partition coefficient (Wildman–Crippen LogP) is 5.15. The molecule has 1 aromatic rings. The molecule has 7 heteroatoms. The van der Waals surface area contributed by atoms with Gasteiger partial charge in [0.25, 0.3) is 0 Å². The van der Waals surface area contributed by atoms with Gasteiger partial charge in [0.15, 0.2) is 8.32 Å². The molecule has 1 aliphatic heterocycles. The molecule has 0 spiro atoms. The quantitative estimate of drug-likeness (QED) is 0.546. The van der Waals surface area contributed by atoms with E-state index in [4.69, 9.17) is 27.3 Å². The number of cyclic esters (lactones) is 1. The Labute approximate surface area is 149 Å². The maximum Gasteiger partial charge on any atom is 0.415 e. The van der Waals surface area contributed by atoms with Crippen LogP contribution in [0.25, 0.3) is 4.85 Å². The lowest BCUT2D eigenvalue weighted by Gasteiger charge is -2.33. The first kappa shape index (κ1) is 18.8. The third-order valence-corrected chi connectivity index (χ3v) is 5.56. The molecule has 0 radical (unpaired) electrons. The summed E-state index contributed by atoms with van der Waals surface area (Å²) in [6.45, 7) is 19.2. The van der Waals surface area contributed by atoms with Crippen molar-refractivity contribution < 1.29 is 14.0 Å². The van der Waals surface area contributed by atoms with Gasteiger partial charge in [-0.05, 0) is 52.0 Å². The van der Waals surface area contributed by atoms with Crippen molar-refractivity contribution in [1.29, 1.82) is 0 Å². The van der Waals surface area contributed by atoms with Crippen LogP contribution >= 0.6 is 11.6 Å². The second-order valence-corrected chi connectivity index (χ2v) is 11.9. The number of halogens is 1. The van der Waals surface area contributed by atoms with E-state index in [0.717, 1.165) is 0 Å². The normalized spacial score (nSPS) is 22.2. The van der Waals surface area contributed by atoms with Crippen LogP contribution < -0.4 is 4.90 Å². The van der Waals surface area contributed by atoms with Gasteiger partial charge in [-0.15, -0.1) is 0 Å². The first-order valence-corrected chi connectivity index (χ1v) is 11.7. The number of amides is 1. The minimum atomic E-state index is -1.77. The van der Waals surface area contributed by atoms with Gasteiger partial charge < -0.3 is 9.16 Å². The standard InChI is InChI=1S/C17H23ClN2O3Si/c1-10-14(9-8-13(19-4)15(10)18)20-16(11(2)22-17(20)21)12(3)23-24(5,6)7/h8-9,11-12,16H,1-3,5-7H3/t11-,12?,16+/m0/s1. The van der Waals surface area contributed by atoms with Crippen molar-refractivity contribution in [3.63, 3.8) is 0 Å². The van der Waals surface area contributed by atoms with E-state index in [9.17, 15) is 4.79 Å². The SMILES string of the molecule is [C-]#[N+]c1ccc(N2C(=O)O[C@@H](C)[C@@H]2C(C)O[Si](C)(C)C)c(C)c1Cl. The number of nitrogens with zero attached hydrogens (tertiary/aromatic N) is 2. The molecule has 0 bridgehead atoms. The van der Waals surface area contributed by atoms with Crippen molar-refractivity contribution in [2.24, 2.45) is 0 Å². The third-order valence-electron chi connectivity index (χ3n) is 4.00. The van der Waals surface area contributed by atoms with E-state index in [1.807, 2.05) is 20.8 Å². The lowest BCUT2D eigenvalue weighted by molar-refractivity contribution is 0.107. The van der Waals surface area contributed by atoms with Gasteiger partial charge in [0, 0.05) is 5.69 Å². The fraction of sp³-hybridized carbons (Fsp3) is 0.529. The third kappa shape index (κ3) is 3.58. The molecule has 5 nitrogen and oxygen atoms in total. The zero-order valence-corrected chi connectivity index (χ0v) is 16.6. The van der Waals surface area contributed by atoms with Crippen molar-refractivity contribution in [2.45, 2.75) is 58.7 Å². The van der Waals surface area contributed by atoms with Crippen molar-refractivity contribution in [2.75, 3.05) is 4.90 Å². The van der Waals surface area contributed by atoms with Gasteiger partial charge in [0.2, 0.25) is 5.69 Å². The van der Waals surface area contributed by atoms with Crippen LogP contribution in [0.1, 0.15) is 19.4 Å². The van der Waals surface area contributed by atoms with E-state index in [-0.39, 0.29) is 18.2 Å². The minimum Gasteiger partial charge on any atom is -0.444 e. The molecule has 1 heterocycles. The molecule has 24 heavy (non-hydrogen) atoms. The number of hydrogen-bond donors (Lipinski definition) is 0. The fourth-order valence-electron chi connectivity index (χ4n) is 3.10. The number of hydrogen-bond acceptors (Lipinski definition) is 3. The molecule has 0 aliphatic carbocycles. The number of anilines is 1. The van der Waals surface area contributed by atoms with E-state index in [2.05, 4.69) is 24.5 Å². The highest BCUT2D eigenvalue weighted by molar-refractivity contribution is 6.69. The summed E-state index contributed by atoms with van der Waals surface area (Å²) in [4.78, 5) is 17.5. The lowest BCUT2D eigenvalue weighted by atomic mass is 10.0. The first-order chi connectivity index (χ1) is 11.1. The van der Waals surface area contributed by atoms with Crippen molar-refractivity contribution in [1.82, 2.24) is 0 Å². The Bertz CT molecular complexity index is 696. The lowest BCUT2D eigenvalue weighted by Crippen LogP contribution is -2.48. The largest absolute Gasteiger partial charge is 0.444 e. The molecule has 0 saturated carbocycles. The summed E-state index contributed by atoms with van der Waals surface area (Å²) in [6.07, 6.45) is -0.868. The molecule has 1 saturated heterocycles. The molecule has 1 unspecified atom stereocenters. The Morgan fingerprint density at radius 3 is 2.58 bits per heavy atom. The van der Waals surface area contributed by atoms with Crippen molar-refractivity contribution >= 4 is 37.4 Å². The minimum absolute atomic E-state index is 0.170. The molecule has 1 aromatic carbocycles. The fourth-order valence-corrected chi connectivity index (χ4v) is 4.56. The zero-order chi connectivity index (χ0) is 18.2. The van der Waals surface area contributed by atoms with Gasteiger partial charge in [-0.3, -0.25) is 4.90 Å². The Hall–Kier alpha value is -1.55. The number of carbonyl (C=O) groups excluding carboxylic acids is 1. The van der Waals surface area contributed by atoms with E-state index >= 15 is 0 Å². The van der Waals surface area contributed by atoms with Crippen LogP contribution in [-0.4, -0.2) is 32.7 Å². The molecule has 0 aromatic heterocycles. The Morgan fingerprint density at radius 1 is 1.42 bits per heavy atom. The van der Waals surface area contributed by atoms with E-state index in [1.54, 1.807) is 17.0 Å². The molecule has 3 atom stereocenters. The van der Waals surface area contributed by atoms with Crippen LogP contribution in [-0.2, 0) is 9.16 Å². The highest BCUT2D eigenvalue weighted by Crippen LogP contribution is 2.39. The van der Waals surface area contributed by atoms with Gasteiger partial charge in [0.1, 0.15) is 12.1 Å². The zero-order valence-electron chi connectivity index (χ0n) is 14.9. The van der Waals surface area contributed by atoms with Crippen LogP contribution in [0.3, 0.4) is 0 Å². The van der Waals surface area contributed by atoms with Gasteiger partial charge in [-0.2, -0.15) is 0 Å². The average molecular weight is 367 g/mol. The molecule has 1 amide bonds. The summed E-state index contributed by atoms with van der Waals surface area (Å²) >= 11 is 6.28. The highest BCUT2D eigenvalue weighted by atomic mass is 35.5. The highest BCUT2D eigenvalue weighted by Gasteiger charge is 2.45. The molecule has 130 valence electrons. The van der Waals surface area contributed by atoms with E-state index < -0.39 is 14.4 Å². The van der Waals surface area contributed by atoms with Crippen LogP contribution in [0.2, 0.25) is 24.7 Å². The second-order valence-electron chi connectivity index (χ2n) is 7.04. The van der Waals surface area contributed by atoms with Crippen LogP contribution in [0.15, 0.2) is 12.1 Å². The van der Waals surface area contributed by atoms with Gasteiger partial charge in [-0.1, -0.05) is 17.7 Å². The number of carbonyl (C=O) groups is 1. The first-order valence-electron chi connectivity index (χ1n) is 7.91. The Morgan fingerprint density at radius 2 is 2.04 bits per heavy atom. The average Bonchev–Trinajstić information content (AvgIpc) is 2.74. The summed E-state index contributed by atoms with van der Waals surface area (Å²) in [5.74, 6) is 0. The smallest absolute Gasteiger partial charge is 0.415 e. The maximum atomic E-state index is 12.4. The number of rotatable bonds is 4. The maximum absolute atomic E-state index is 12.4. The van der Waals surface area contributed by atoms with Crippen molar-refractivity contribution in [3.05, 3.63) is 34.1 Å².